The zero-order valence-electron chi connectivity index (χ0n) is 16.6. The number of likely N-dealkylation sites (N-methyl/N-ethyl adjacent to an activating group) is 1. The highest BCUT2D eigenvalue weighted by atomic mass is 32.1. The van der Waals surface area contributed by atoms with Gasteiger partial charge in [0.15, 0.2) is 0 Å². The molecule has 0 unspecified atom stereocenters. The lowest BCUT2D eigenvalue weighted by atomic mass is 10.0. The van der Waals surface area contributed by atoms with E-state index in [1.165, 1.54) is 9.78 Å². The van der Waals surface area contributed by atoms with Gasteiger partial charge in [0.1, 0.15) is 6.04 Å². The van der Waals surface area contributed by atoms with Gasteiger partial charge in [-0.05, 0) is 23.6 Å². The molecular formula is C24H24N3OS+. The minimum Gasteiger partial charge on any atom is -0.346 e. The molecule has 0 aliphatic carbocycles. The maximum absolute atomic E-state index is 13.2. The Morgan fingerprint density at radius 2 is 1.79 bits per heavy atom. The molecule has 1 amide bonds. The van der Waals surface area contributed by atoms with Gasteiger partial charge in [0, 0.05) is 10.9 Å². The monoisotopic (exact) mass is 402 g/mol. The van der Waals surface area contributed by atoms with Crippen LogP contribution in [0, 0.1) is 0 Å². The Morgan fingerprint density at radius 3 is 2.52 bits per heavy atom. The Hall–Kier alpha value is -3.02. The number of carbonyl (C=O) groups is 1. The van der Waals surface area contributed by atoms with Crippen molar-refractivity contribution >= 4 is 28.1 Å². The Balaban J connectivity index is 1.66. The number of nitrogens with one attached hydrogen (secondary N) is 2. The van der Waals surface area contributed by atoms with Gasteiger partial charge >= 0.3 is 0 Å². The second-order valence-corrected chi connectivity index (χ2v) is 8.27. The molecule has 2 aromatic carbocycles. The average Bonchev–Trinajstić information content (AvgIpc) is 3.28. The summed E-state index contributed by atoms with van der Waals surface area (Å²) < 4.78 is 0. The van der Waals surface area contributed by atoms with E-state index < -0.39 is 0 Å². The van der Waals surface area contributed by atoms with Crippen LogP contribution in [0.5, 0.6) is 0 Å². The van der Waals surface area contributed by atoms with Crippen LogP contribution in [0.3, 0.4) is 0 Å². The zero-order chi connectivity index (χ0) is 20.2. The number of pyridine rings is 1. The van der Waals surface area contributed by atoms with Crippen LogP contribution in [0.15, 0.2) is 78.2 Å². The van der Waals surface area contributed by atoms with Crippen LogP contribution in [0.25, 0.3) is 22.2 Å². The van der Waals surface area contributed by atoms with Gasteiger partial charge in [-0.2, -0.15) is 0 Å². The minimum atomic E-state index is -0.0661. The van der Waals surface area contributed by atoms with Crippen LogP contribution < -0.4 is 10.2 Å². The quantitative estimate of drug-likeness (QED) is 0.518. The molecule has 0 saturated heterocycles. The summed E-state index contributed by atoms with van der Waals surface area (Å²) in [5.41, 5.74) is 3.30. The fourth-order valence-corrected chi connectivity index (χ4v) is 4.44. The van der Waals surface area contributed by atoms with Crippen molar-refractivity contribution in [3.8, 4) is 11.3 Å². The molecule has 0 spiro atoms. The Labute approximate surface area is 174 Å². The number of carbonyl (C=O) groups excluding carboxylic acids is 1. The lowest BCUT2D eigenvalue weighted by molar-refractivity contribution is -0.890. The number of thiophene rings is 1. The molecule has 146 valence electrons. The highest BCUT2D eigenvalue weighted by Gasteiger charge is 2.21. The van der Waals surface area contributed by atoms with Crippen molar-refractivity contribution in [1.82, 2.24) is 10.3 Å². The first-order valence-electron chi connectivity index (χ1n) is 9.70. The summed E-state index contributed by atoms with van der Waals surface area (Å²) in [7, 11) is 4.23. The molecule has 4 rings (SSSR count). The molecule has 0 aliphatic heterocycles. The molecule has 4 aromatic rings. The summed E-state index contributed by atoms with van der Waals surface area (Å²) in [5, 5.41) is 6.11. The van der Waals surface area contributed by atoms with Crippen molar-refractivity contribution in [1.29, 1.82) is 0 Å². The molecule has 0 saturated carbocycles. The van der Waals surface area contributed by atoms with Crippen molar-refractivity contribution in [2.75, 3.05) is 20.6 Å². The maximum atomic E-state index is 13.2. The molecule has 2 heterocycles. The Kier molecular flexibility index (Phi) is 5.69. The largest absolute Gasteiger partial charge is 0.346 e. The molecule has 29 heavy (non-hydrogen) atoms. The number of hydrogen-bond donors (Lipinski definition) is 2. The first-order chi connectivity index (χ1) is 14.1. The lowest BCUT2D eigenvalue weighted by Gasteiger charge is -2.21. The molecule has 2 N–H and O–H groups in total. The summed E-state index contributed by atoms with van der Waals surface area (Å²) >= 11 is 1.73. The van der Waals surface area contributed by atoms with Gasteiger partial charge in [0.25, 0.3) is 5.91 Å². The van der Waals surface area contributed by atoms with Gasteiger partial charge in [-0.1, -0.05) is 54.6 Å². The van der Waals surface area contributed by atoms with Crippen LogP contribution in [-0.2, 0) is 0 Å². The number of benzene rings is 2. The first-order valence-corrected chi connectivity index (χ1v) is 10.6. The van der Waals surface area contributed by atoms with E-state index in [1.54, 1.807) is 11.3 Å². The van der Waals surface area contributed by atoms with E-state index in [0.717, 1.165) is 22.2 Å². The van der Waals surface area contributed by atoms with E-state index in [1.807, 2.05) is 60.7 Å². The third-order valence-electron chi connectivity index (χ3n) is 5.08. The summed E-state index contributed by atoms with van der Waals surface area (Å²) in [4.78, 5) is 20.5. The average molecular weight is 403 g/mol. The topological polar surface area (TPSA) is 46.4 Å². The normalized spacial score (nSPS) is 12.2. The predicted molar refractivity (Wildman–Crippen MR) is 119 cm³/mol. The number of nitrogens with zero attached hydrogens (tertiary/aromatic N) is 1. The minimum absolute atomic E-state index is 0.0661. The van der Waals surface area contributed by atoms with Gasteiger partial charge < -0.3 is 10.2 Å². The fourth-order valence-electron chi connectivity index (χ4n) is 3.49. The number of amides is 1. The van der Waals surface area contributed by atoms with E-state index in [0.29, 0.717) is 12.1 Å². The third kappa shape index (κ3) is 4.21. The SMILES string of the molecule is C[NH+](C)[C@@H](CNC(=O)c1cc(-c2ccccc2)nc2ccccc12)c1cccs1. The highest BCUT2D eigenvalue weighted by molar-refractivity contribution is 7.10. The number of rotatable bonds is 6. The van der Waals surface area contributed by atoms with Gasteiger partial charge in [-0.3, -0.25) is 4.79 Å². The lowest BCUT2D eigenvalue weighted by Crippen LogP contribution is -3.06. The number of fused-ring (bicyclic) bond motifs is 1. The van der Waals surface area contributed by atoms with E-state index in [4.69, 9.17) is 4.98 Å². The second kappa shape index (κ2) is 8.55. The van der Waals surface area contributed by atoms with Gasteiger partial charge in [0.05, 0.1) is 42.3 Å². The standard InChI is InChI=1S/C24H23N3OS/c1-27(2)22(23-13-8-14-29-23)16-25-24(28)19-15-21(17-9-4-3-5-10-17)26-20-12-7-6-11-18(19)20/h3-15,22H,16H2,1-2H3,(H,25,28)/p+1/t22-/m0/s1. The maximum Gasteiger partial charge on any atom is 0.252 e. The fraction of sp³-hybridized carbons (Fsp3) is 0.167. The van der Waals surface area contributed by atoms with Crippen molar-refractivity contribution in [3.05, 3.63) is 88.6 Å². The van der Waals surface area contributed by atoms with Crippen LogP contribution in [-0.4, -0.2) is 31.5 Å². The smallest absolute Gasteiger partial charge is 0.252 e. The molecule has 5 heteroatoms. The highest BCUT2D eigenvalue weighted by Crippen LogP contribution is 2.25. The number of para-hydroxylation sites is 1. The number of quaternary nitrogens is 1. The molecular weight excluding hydrogens is 378 g/mol. The van der Waals surface area contributed by atoms with Crippen LogP contribution >= 0.6 is 11.3 Å². The predicted octanol–water partition coefficient (Wildman–Crippen LogP) is 3.58. The third-order valence-corrected chi connectivity index (χ3v) is 6.07. The summed E-state index contributed by atoms with van der Waals surface area (Å²) in [6, 6.07) is 24.1. The molecule has 4 nitrogen and oxygen atoms in total. The molecule has 2 aromatic heterocycles. The number of hydrogen-bond acceptors (Lipinski definition) is 3. The zero-order valence-corrected chi connectivity index (χ0v) is 17.4. The van der Waals surface area contributed by atoms with Crippen molar-refractivity contribution in [3.63, 3.8) is 0 Å². The summed E-state index contributed by atoms with van der Waals surface area (Å²) in [5.74, 6) is -0.0661. The Morgan fingerprint density at radius 1 is 1.03 bits per heavy atom. The van der Waals surface area contributed by atoms with Crippen molar-refractivity contribution < 1.29 is 9.69 Å². The van der Waals surface area contributed by atoms with E-state index in [2.05, 4.69) is 36.9 Å². The first kappa shape index (κ1) is 19.3. The van der Waals surface area contributed by atoms with Crippen LogP contribution in [0.4, 0.5) is 0 Å². The molecule has 0 radical (unpaired) electrons. The molecule has 0 fully saturated rings. The molecule has 0 bridgehead atoms. The molecule has 1 atom stereocenters. The summed E-state index contributed by atoms with van der Waals surface area (Å²) in [6.45, 7) is 0.582. The van der Waals surface area contributed by atoms with Crippen molar-refractivity contribution in [2.24, 2.45) is 0 Å². The molecule has 0 aliphatic rings. The van der Waals surface area contributed by atoms with E-state index in [-0.39, 0.29) is 11.9 Å². The summed E-state index contributed by atoms with van der Waals surface area (Å²) in [6.07, 6.45) is 0. The number of aromatic nitrogens is 1. The van der Waals surface area contributed by atoms with Crippen LogP contribution in [0.2, 0.25) is 0 Å². The van der Waals surface area contributed by atoms with Gasteiger partial charge in [-0.25, -0.2) is 4.98 Å². The Bertz CT molecular complexity index is 1110. The van der Waals surface area contributed by atoms with Gasteiger partial charge in [0.2, 0.25) is 0 Å². The van der Waals surface area contributed by atoms with Crippen LogP contribution in [0.1, 0.15) is 21.3 Å². The van der Waals surface area contributed by atoms with E-state index >= 15 is 0 Å². The second-order valence-electron chi connectivity index (χ2n) is 7.29. The van der Waals surface area contributed by atoms with Crippen molar-refractivity contribution in [2.45, 2.75) is 6.04 Å². The van der Waals surface area contributed by atoms with Gasteiger partial charge in [-0.15, -0.1) is 11.3 Å². The van der Waals surface area contributed by atoms with E-state index in [9.17, 15) is 4.79 Å².